The molecule has 1 atom stereocenters. The Kier molecular flexibility index (Phi) is 5.45. The van der Waals surface area contributed by atoms with E-state index in [2.05, 4.69) is 27.9 Å². The van der Waals surface area contributed by atoms with Gasteiger partial charge in [-0.2, -0.15) is 4.39 Å². The summed E-state index contributed by atoms with van der Waals surface area (Å²) in [6, 6.07) is 0.201. The zero-order valence-corrected chi connectivity index (χ0v) is 12.5. The molecule has 0 radical (unpaired) electrons. The molecule has 7 heteroatoms. The third-order valence-electron chi connectivity index (χ3n) is 2.67. The maximum atomic E-state index is 13.5. The van der Waals surface area contributed by atoms with Crippen LogP contribution in [0.3, 0.4) is 0 Å². The molecule has 1 aromatic rings. The quantitative estimate of drug-likeness (QED) is 0.474. The molecule has 1 rings (SSSR count). The second kappa shape index (κ2) is 6.44. The van der Waals surface area contributed by atoms with E-state index in [-0.39, 0.29) is 12.0 Å². The molecule has 1 aromatic carbocycles. The van der Waals surface area contributed by atoms with Crippen LogP contribution in [0.5, 0.6) is 5.75 Å². The van der Waals surface area contributed by atoms with Gasteiger partial charge >= 0.3 is 0 Å². The first-order valence-electron chi connectivity index (χ1n) is 5.52. The molecule has 2 N–H and O–H groups in total. The van der Waals surface area contributed by atoms with Gasteiger partial charge in [-0.25, -0.2) is 8.78 Å². The lowest BCUT2D eigenvalue weighted by molar-refractivity contribution is 0.0926. The number of aromatic hydroxyl groups is 1. The summed E-state index contributed by atoms with van der Waals surface area (Å²) in [6.07, 6.45) is 0. The second-order valence-electron chi connectivity index (χ2n) is 4.36. The number of halogens is 4. The molecule has 0 spiro atoms. The van der Waals surface area contributed by atoms with Crippen LogP contribution < -0.4 is 5.32 Å². The summed E-state index contributed by atoms with van der Waals surface area (Å²) in [5.41, 5.74) is -0.716. The maximum absolute atomic E-state index is 13.5. The van der Waals surface area contributed by atoms with E-state index in [1.807, 2.05) is 13.8 Å². The predicted octanol–water partition coefficient (Wildman–Crippen LogP) is 3.00. The van der Waals surface area contributed by atoms with Gasteiger partial charge in [-0.1, -0.05) is 36.4 Å². The van der Waals surface area contributed by atoms with Crippen molar-refractivity contribution in [2.45, 2.75) is 19.9 Å². The number of amides is 1. The summed E-state index contributed by atoms with van der Waals surface area (Å²) in [7, 11) is 0. The molecule has 0 aliphatic heterocycles. The Morgan fingerprint density at radius 3 is 2.42 bits per heavy atom. The third kappa shape index (κ3) is 3.52. The Hall–Kier alpha value is -0.990. The summed E-state index contributed by atoms with van der Waals surface area (Å²) in [5.74, 6) is -6.92. The average Bonchev–Trinajstić information content (AvgIpc) is 2.36. The first kappa shape index (κ1) is 16.1. The largest absolute Gasteiger partial charge is 0.503 e. The molecular formula is C12H13F3INO2. The SMILES string of the molecule is CC(C)C(CI)NC(=O)c1cc(F)c(F)c(O)c1F. The summed E-state index contributed by atoms with van der Waals surface area (Å²) in [5, 5.41) is 11.6. The minimum absolute atomic E-state index is 0.0998. The molecule has 0 bridgehead atoms. The number of phenols is 1. The van der Waals surface area contributed by atoms with E-state index in [0.717, 1.165) is 0 Å². The standard InChI is InChI=1S/C12H13F3INO2/c1-5(2)8(4-16)17-12(19)6-3-7(13)10(15)11(18)9(6)14/h3,5,8,18H,4H2,1-2H3,(H,17,19). The number of nitrogens with one attached hydrogen (secondary N) is 1. The minimum Gasteiger partial charge on any atom is -0.503 e. The number of carbonyl (C=O) groups excluding carboxylic acids is 1. The molecular weight excluding hydrogens is 374 g/mol. The van der Waals surface area contributed by atoms with E-state index < -0.39 is 34.7 Å². The fraction of sp³-hybridized carbons (Fsp3) is 0.417. The van der Waals surface area contributed by atoms with Crippen molar-refractivity contribution >= 4 is 28.5 Å². The van der Waals surface area contributed by atoms with Crippen LogP contribution in [-0.2, 0) is 0 Å². The number of phenolic OH excluding ortho intramolecular Hbond substituents is 1. The van der Waals surface area contributed by atoms with Crippen LogP contribution >= 0.6 is 22.6 Å². The summed E-state index contributed by atoms with van der Waals surface area (Å²) in [4.78, 5) is 11.8. The molecule has 0 aliphatic rings. The predicted molar refractivity (Wildman–Crippen MR) is 73.0 cm³/mol. The smallest absolute Gasteiger partial charge is 0.254 e. The van der Waals surface area contributed by atoms with Gasteiger partial charge in [-0.3, -0.25) is 4.79 Å². The van der Waals surface area contributed by atoms with Gasteiger partial charge in [0.2, 0.25) is 5.82 Å². The van der Waals surface area contributed by atoms with E-state index in [9.17, 15) is 18.0 Å². The molecule has 0 aliphatic carbocycles. The van der Waals surface area contributed by atoms with Crippen molar-refractivity contribution in [3.63, 3.8) is 0 Å². The Bertz CT molecular complexity index is 494. The van der Waals surface area contributed by atoms with Gasteiger partial charge in [0.15, 0.2) is 17.4 Å². The van der Waals surface area contributed by atoms with Gasteiger partial charge in [0.1, 0.15) is 0 Å². The highest BCUT2D eigenvalue weighted by Gasteiger charge is 2.24. The van der Waals surface area contributed by atoms with E-state index in [4.69, 9.17) is 5.11 Å². The van der Waals surface area contributed by atoms with E-state index >= 15 is 0 Å². The molecule has 106 valence electrons. The fourth-order valence-corrected chi connectivity index (χ4v) is 2.62. The molecule has 0 saturated carbocycles. The van der Waals surface area contributed by atoms with Crippen LogP contribution in [0.4, 0.5) is 13.2 Å². The van der Waals surface area contributed by atoms with Gasteiger partial charge in [-0.15, -0.1) is 0 Å². The maximum Gasteiger partial charge on any atom is 0.254 e. The highest BCUT2D eigenvalue weighted by molar-refractivity contribution is 14.1. The molecule has 0 aromatic heterocycles. The Morgan fingerprint density at radius 2 is 1.95 bits per heavy atom. The number of hydrogen-bond acceptors (Lipinski definition) is 2. The number of benzene rings is 1. The normalized spacial score (nSPS) is 12.6. The van der Waals surface area contributed by atoms with Crippen molar-refractivity contribution < 1.29 is 23.1 Å². The number of alkyl halides is 1. The van der Waals surface area contributed by atoms with E-state index in [1.54, 1.807) is 0 Å². The molecule has 3 nitrogen and oxygen atoms in total. The van der Waals surface area contributed by atoms with Gasteiger partial charge in [0, 0.05) is 10.5 Å². The molecule has 0 saturated heterocycles. The first-order valence-corrected chi connectivity index (χ1v) is 7.05. The summed E-state index contributed by atoms with van der Waals surface area (Å²) >= 11 is 2.05. The van der Waals surface area contributed by atoms with Gasteiger partial charge < -0.3 is 10.4 Å². The van der Waals surface area contributed by atoms with Crippen LogP contribution in [0.15, 0.2) is 6.07 Å². The number of rotatable bonds is 4. The zero-order valence-electron chi connectivity index (χ0n) is 10.3. The molecule has 1 unspecified atom stereocenters. The minimum atomic E-state index is -1.71. The van der Waals surface area contributed by atoms with Crippen molar-refractivity contribution in [2.24, 2.45) is 5.92 Å². The van der Waals surface area contributed by atoms with Crippen LogP contribution in [-0.4, -0.2) is 21.5 Å². The highest BCUT2D eigenvalue weighted by atomic mass is 127. The Morgan fingerprint density at radius 1 is 1.37 bits per heavy atom. The second-order valence-corrected chi connectivity index (χ2v) is 5.24. The lowest BCUT2D eigenvalue weighted by Crippen LogP contribution is -2.40. The lowest BCUT2D eigenvalue weighted by atomic mass is 10.1. The highest BCUT2D eigenvalue weighted by Crippen LogP contribution is 2.26. The third-order valence-corrected chi connectivity index (χ3v) is 3.61. The van der Waals surface area contributed by atoms with Crippen LogP contribution in [0.1, 0.15) is 24.2 Å². The Labute approximate surface area is 122 Å². The van der Waals surface area contributed by atoms with Crippen molar-refractivity contribution in [1.29, 1.82) is 0 Å². The summed E-state index contributed by atoms with van der Waals surface area (Å²) < 4.78 is 40.1. The van der Waals surface area contributed by atoms with Crippen LogP contribution in [0.2, 0.25) is 0 Å². The van der Waals surface area contributed by atoms with Crippen molar-refractivity contribution in [3.8, 4) is 5.75 Å². The monoisotopic (exact) mass is 387 g/mol. The lowest BCUT2D eigenvalue weighted by Gasteiger charge is -2.20. The number of hydrogen-bond donors (Lipinski definition) is 2. The van der Waals surface area contributed by atoms with Crippen LogP contribution in [0, 0.1) is 23.4 Å². The van der Waals surface area contributed by atoms with Crippen molar-refractivity contribution in [2.75, 3.05) is 4.43 Å². The van der Waals surface area contributed by atoms with Crippen molar-refractivity contribution in [3.05, 3.63) is 29.1 Å². The fourth-order valence-electron chi connectivity index (χ4n) is 1.39. The molecule has 0 fully saturated rings. The van der Waals surface area contributed by atoms with E-state index in [0.29, 0.717) is 10.5 Å². The Balaban J connectivity index is 3.07. The number of carbonyl (C=O) groups is 1. The van der Waals surface area contributed by atoms with Gasteiger partial charge in [0.05, 0.1) is 5.56 Å². The van der Waals surface area contributed by atoms with E-state index in [1.165, 1.54) is 0 Å². The van der Waals surface area contributed by atoms with Crippen LogP contribution in [0.25, 0.3) is 0 Å². The van der Waals surface area contributed by atoms with Gasteiger partial charge in [0.25, 0.3) is 5.91 Å². The summed E-state index contributed by atoms with van der Waals surface area (Å²) in [6.45, 7) is 3.73. The first-order chi connectivity index (χ1) is 8.79. The molecule has 1 amide bonds. The van der Waals surface area contributed by atoms with Crippen molar-refractivity contribution in [1.82, 2.24) is 5.32 Å². The van der Waals surface area contributed by atoms with Gasteiger partial charge in [-0.05, 0) is 12.0 Å². The topological polar surface area (TPSA) is 49.3 Å². The molecule has 19 heavy (non-hydrogen) atoms. The zero-order chi connectivity index (χ0) is 14.7. The average molecular weight is 387 g/mol. The molecule has 0 heterocycles.